The van der Waals surface area contributed by atoms with E-state index in [0.717, 1.165) is 11.4 Å². The van der Waals surface area contributed by atoms with E-state index >= 15 is 0 Å². The number of aromatic nitrogens is 3. The number of rotatable bonds is 3. The quantitative estimate of drug-likeness (QED) is 0.792. The van der Waals surface area contributed by atoms with E-state index < -0.39 is 0 Å². The van der Waals surface area contributed by atoms with Crippen LogP contribution in [0.5, 0.6) is 0 Å². The van der Waals surface area contributed by atoms with Gasteiger partial charge in [0.2, 0.25) is 0 Å². The Kier molecular flexibility index (Phi) is 3.96. The molecule has 0 radical (unpaired) electrons. The van der Waals surface area contributed by atoms with Crippen molar-refractivity contribution in [1.29, 1.82) is 0 Å². The van der Waals surface area contributed by atoms with Gasteiger partial charge in [-0.25, -0.2) is 9.67 Å². The van der Waals surface area contributed by atoms with Crippen molar-refractivity contribution in [2.75, 3.05) is 5.32 Å². The Morgan fingerprint density at radius 3 is 2.64 bits per heavy atom. The summed E-state index contributed by atoms with van der Waals surface area (Å²) in [5, 5.41) is 9.82. The summed E-state index contributed by atoms with van der Waals surface area (Å²) in [5.41, 5.74) is 2.60. The molecule has 2 heterocycles. The Morgan fingerprint density at radius 1 is 1.27 bits per heavy atom. The van der Waals surface area contributed by atoms with E-state index in [1.807, 2.05) is 42.6 Å². The topological polar surface area (TPSA) is 59.8 Å². The number of carbonyl (C=O) groups excluding carboxylic acids is 1. The summed E-state index contributed by atoms with van der Waals surface area (Å²) in [6.45, 7) is 3.63. The van der Waals surface area contributed by atoms with Crippen LogP contribution in [0.2, 0.25) is 5.15 Å². The van der Waals surface area contributed by atoms with Crippen molar-refractivity contribution in [3.8, 4) is 5.69 Å². The number of halogens is 1. The molecule has 0 bridgehead atoms. The largest absolute Gasteiger partial charge is 0.298 e. The average Bonchev–Trinajstić information content (AvgIpc) is 3.03. The first-order chi connectivity index (χ1) is 10.6. The molecule has 0 aliphatic rings. The van der Waals surface area contributed by atoms with E-state index in [-0.39, 0.29) is 11.1 Å². The number of amides is 1. The third-order valence-corrected chi connectivity index (χ3v) is 4.30. The fourth-order valence-electron chi connectivity index (χ4n) is 2.07. The molecule has 0 aliphatic heterocycles. The zero-order chi connectivity index (χ0) is 15.7. The lowest BCUT2D eigenvalue weighted by atomic mass is 10.2. The number of thiazole rings is 1. The van der Waals surface area contributed by atoms with Crippen LogP contribution in [0.3, 0.4) is 0 Å². The molecule has 1 amide bonds. The molecule has 7 heteroatoms. The van der Waals surface area contributed by atoms with Crippen LogP contribution in [0.4, 0.5) is 5.13 Å². The summed E-state index contributed by atoms with van der Waals surface area (Å²) in [6, 6.07) is 9.45. The van der Waals surface area contributed by atoms with Crippen LogP contribution < -0.4 is 5.32 Å². The number of aryl methyl sites for hydroxylation is 2. The maximum absolute atomic E-state index is 12.4. The Labute approximate surface area is 136 Å². The smallest absolute Gasteiger partial charge is 0.262 e. The van der Waals surface area contributed by atoms with Gasteiger partial charge < -0.3 is 0 Å². The minimum absolute atomic E-state index is 0.287. The van der Waals surface area contributed by atoms with E-state index in [1.165, 1.54) is 11.3 Å². The van der Waals surface area contributed by atoms with Crippen LogP contribution in [0.25, 0.3) is 5.69 Å². The molecule has 0 spiro atoms. The van der Waals surface area contributed by atoms with Crippen molar-refractivity contribution in [2.24, 2.45) is 0 Å². The van der Waals surface area contributed by atoms with Crippen LogP contribution in [-0.4, -0.2) is 20.7 Å². The molecule has 22 heavy (non-hydrogen) atoms. The van der Waals surface area contributed by atoms with E-state index in [4.69, 9.17) is 11.6 Å². The van der Waals surface area contributed by atoms with Gasteiger partial charge in [0.15, 0.2) is 5.13 Å². The van der Waals surface area contributed by atoms with Gasteiger partial charge in [-0.05, 0) is 26.0 Å². The highest BCUT2D eigenvalue weighted by atomic mass is 35.5. The zero-order valence-electron chi connectivity index (χ0n) is 12.0. The Hall–Kier alpha value is -2.18. The van der Waals surface area contributed by atoms with Gasteiger partial charge in [0.25, 0.3) is 5.91 Å². The summed E-state index contributed by atoms with van der Waals surface area (Å²) in [5.74, 6) is -0.306. The molecular formula is C15H13ClN4OS. The monoisotopic (exact) mass is 332 g/mol. The van der Waals surface area contributed by atoms with Crippen LogP contribution in [0.1, 0.15) is 21.7 Å². The maximum atomic E-state index is 12.4. The second kappa shape index (κ2) is 5.90. The summed E-state index contributed by atoms with van der Waals surface area (Å²) in [7, 11) is 0. The van der Waals surface area contributed by atoms with Crippen molar-refractivity contribution < 1.29 is 4.79 Å². The Balaban J connectivity index is 1.94. The first-order valence-corrected chi connectivity index (χ1v) is 7.86. The molecule has 112 valence electrons. The van der Waals surface area contributed by atoms with E-state index in [9.17, 15) is 4.79 Å². The highest BCUT2D eigenvalue weighted by molar-refractivity contribution is 7.13. The molecule has 1 aromatic carbocycles. The first-order valence-electron chi connectivity index (χ1n) is 6.60. The third kappa shape index (κ3) is 2.75. The second-order valence-corrected chi connectivity index (χ2v) is 5.96. The molecular weight excluding hydrogens is 320 g/mol. The number of para-hydroxylation sites is 1. The molecule has 1 N–H and O–H groups in total. The van der Waals surface area contributed by atoms with Crippen molar-refractivity contribution in [2.45, 2.75) is 13.8 Å². The maximum Gasteiger partial charge on any atom is 0.262 e. The van der Waals surface area contributed by atoms with Gasteiger partial charge in [-0.3, -0.25) is 10.1 Å². The van der Waals surface area contributed by atoms with Gasteiger partial charge >= 0.3 is 0 Å². The Morgan fingerprint density at radius 2 is 2.00 bits per heavy atom. The van der Waals surface area contributed by atoms with Crippen LogP contribution in [0.15, 0.2) is 35.7 Å². The van der Waals surface area contributed by atoms with Crippen LogP contribution in [0, 0.1) is 13.8 Å². The number of anilines is 1. The second-order valence-electron chi connectivity index (χ2n) is 4.75. The minimum Gasteiger partial charge on any atom is -0.298 e. The number of carbonyl (C=O) groups is 1. The predicted molar refractivity (Wildman–Crippen MR) is 88.1 cm³/mol. The van der Waals surface area contributed by atoms with Gasteiger partial charge in [0.05, 0.1) is 17.1 Å². The number of nitrogens with zero attached hydrogens (tertiary/aromatic N) is 3. The highest BCUT2D eigenvalue weighted by Gasteiger charge is 2.21. The zero-order valence-corrected chi connectivity index (χ0v) is 13.6. The van der Waals surface area contributed by atoms with Crippen LogP contribution >= 0.6 is 22.9 Å². The number of benzene rings is 1. The summed E-state index contributed by atoms with van der Waals surface area (Å²) >= 11 is 7.73. The number of nitrogens with one attached hydrogen (secondary N) is 1. The predicted octanol–water partition coefficient (Wildman–Crippen LogP) is 3.85. The fraction of sp³-hybridized carbons (Fsp3) is 0.133. The average molecular weight is 333 g/mol. The summed E-state index contributed by atoms with van der Waals surface area (Å²) in [4.78, 5) is 16.6. The molecule has 0 atom stereocenters. The lowest BCUT2D eigenvalue weighted by molar-refractivity contribution is 0.102. The molecule has 0 saturated heterocycles. The van der Waals surface area contributed by atoms with Crippen molar-refractivity contribution in [3.63, 3.8) is 0 Å². The molecule has 0 fully saturated rings. The van der Waals surface area contributed by atoms with Crippen molar-refractivity contribution in [1.82, 2.24) is 14.8 Å². The van der Waals surface area contributed by atoms with Crippen molar-refractivity contribution in [3.05, 3.63) is 57.8 Å². The lowest BCUT2D eigenvalue weighted by Crippen LogP contribution is -2.13. The van der Waals surface area contributed by atoms with Gasteiger partial charge in [-0.1, -0.05) is 29.8 Å². The normalized spacial score (nSPS) is 10.7. The van der Waals surface area contributed by atoms with E-state index in [0.29, 0.717) is 16.4 Å². The van der Waals surface area contributed by atoms with Gasteiger partial charge in [0, 0.05) is 5.38 Å². The number of hydrogen-bond acceptors (Lipinski definition) is 4. The van der Waals surface area contributed by atoms with E-state index in [1.54, 1.807) is 11.6 Å². The van der Waals surface area contributed by atoms with E-state index in [2.05, 4.69) is 15.4 Å². The molecule has 2 aromatic heterocycles. The standard InChI is InChI=1S/C15H13ClN4OS/c1-9-8-22-15(17-9)18-14(21)12-10(2)19-20(13(12)16)11-6-4-3-5-7-11/h3-8H,1-2H3,(H,17,18,21). The summed E-state index contributed by atoms with van der Waals surface area (Å²) < 4.78 is 1.55. The van der Waals surface area contributed by atoms with Crippen molar-refractivity contribution >= 4 is 34.0 Å². The fourth-order valence-corrected chi connectivity index (χ4v) is 3.11. The molecule has 3 aromatic rings. The lowest BCUT2D eigenvalue weighted by Gasteiger charge is -2.03. The minimum atomic E-state index is -0.306. The highest BCUT2D eigenvalue weighted by Crippen LogP contribution is 2.25. The Bertz CT molecular complexity index is 825. The van der Waals surface area contributed by atoms with Gasteiger partial charge in [-0.15, -0.1) is 11.3 Å². The molecule has 0 saturated carbocycles. The van der Waals surface area contributed by atoms with Gasteiger partial charge in [0.1, 0.15) is 10.7 Å². The van der Waals surface area contributed by atoms with Gasteiger partial charge in [-0.2, -0.15) is 5.10 Å². The SMILES string of the molecule is Cc1csc(NC(=O)c2c(C)nn(-c3ccccc3)c2Cl)n1. The molecule has 5 nitrogen and oxygen atoms in total. The first kappa shape index (κ1) is 14.7. The number of hydrogen-bond donors (Lipinski definition) is 1. The summed E-state index contributed by atoms with van der Waals surface area (Å²) in [6.07, 6.45) is 0. The third-order valence-electron chi connectivity index (χ3n) is 3.07. The molecule has 0 aliphatic carbocycles. The molecule has 3 rings (SSSR count). The van der Waals surface area contributed by atoms with Crippen LogP contribution in [-0.2, 0) is 0 Å². The molecule has 0 unspecified atom stereocenters.